The lowest BCUT2D eigenvalue weighted by atomic mass is 9.81. The highest BCUT2D eigenvalue weighted by Crippen LogP contribution is 2.53. The molecule has 0 aliphatic heterocycles. The van der Waals surface area contributed by atoms with E-state index in [1.54, 1.807) is 0 Å². The Labute approximate surface area is 267 Å². The third kappa shape index (κ3) is 4.20. The van der Waals surface area contributed by atoms with Crippen LogP contribution in [0.15, 0.2) is 150 Å². The van der Waals surface area contributed by atoms with E-state index in [4.69, 9.17) is 14.4 Å². The van der Waals surface area contributed by atoms with E-state index in [-0.39, 0.29) is 5.41 Å². The summed E-state index contributed by atoms with van der Waals surface area (Å²) in [7, 11) is 0. The van der Waals surface area contributed by atoms with Crippen LogP contribution in [0, 0.1) is 0 Å². The zero-order valence-electron chi connectivity index (χ0n) is 25.7. The summed E-state index contributed by atoms with van der Waals surface area (Å²) in [5.74, 6) is 1.57. The van der Waals surface area contributed by atoms with E-state index in [0.29, 0.717) is 5.82 Å². The van der Waals surface area contributed by atoms with Crippen LogP contribution in [0.2, 0.25) is 0 Å². The molecule has 0 amide bonds. The van der Waals surface area contributed by atoms with Gasteiger partial charge in [-0.3, -0.25) is 0 Å². The van der Waals surface area contributed by atoms with Crippen molar-refractivity contribution in [2.45, 2.75) is 19.3 Å². The standard InChI is InChI=1S/C43H30N2O/c1-43(2)35-17-10-16-33(41(35)34-23-30-13-6-7-14-31(30)24-36(34)43)38-26-37(44-42(45-38)29-11-4-3-5-12-29)27-19-21-28(22-20-27)40-25-32-15-8-9-18-39(32)46-40/h3-26H,1-2H3. The Kier molecular flexibility index (Phi) is 5.85. The zero-order chi connectivity index (χ0) is 30.8. The average molecular weight is 591 g/mol. The van der Waals surface area contributed by atoms with Crippen molar-refractivity contribution in [1.82, 2.24) is 9.97 Å². The van der Waals surface area contributed by atoms with Gasteiger partial charge in [0.05, 0.1) is 11.4 Å². The van der Waals surface area contributed by atoms with Gasteiger partial charge in [0, 0.05) is 33.1 Å². The van der Waals surface area contributed by atoms with Crippen molar-refractivity contribution in [3.8, 4) is 56.4 Å². The smallest absolute Gasteiger partial charge is 0.160 e. The van der Waals surface area contributed by atoms with Gasteiger partial charge in [-0.2, -0.15) is 0 Å². The molecule has 0 spiro atoms. The van der Waals surface area contributed by atoms with Crippen molar-refractivity contribution in [3.63, 3.8) is 0 Å². The van der Waals surface area contributed by atoms with Crippen molar-refractivity contribution in [3.05, 3.63) is 157 Å². The first-order valence-electron chi connectivity index (χ1n) is 15.7. The minimum atomic E-state index is -0.130. The second kappa shape index (κ2) is 10.1. The Morgan fingerprint density at radius 1 is 0.478 bits per heavy atom. The maximum Gasteiger partial charge on any atom is 0.160 e. The number of fused-ring (bicyclic) bond motifs is 5. The lowest BCUT2D eigenvalue weighted by Crippen LogP contribution is -2.14. The first-order chi connectivity index (χ1) is 22.5. The van der Waals surface area contributed by atoms with Gasteiger partial charge in [-0.05, 0) is 63.4 Å². The molecule has 9 rings (SSSR count). The molecule has 1 aliphatic carbocycles. The number of rotatable bonds is 4. The lowest BCUT2D eigenvalue weighted by molar-refractivity contribution is 0.631. The summed E-state index contributed by atoms with van der Waals surface area (Å²) in [6.45, 7) is 4.67. The SMILES string of the molecule is CC1(C)c2cc3ccccc3cc2-c2c(-c3cc(-c4ccc(-c5cc6ccccc6o5)cc4)nc(-c4ccccc4)n3)cccc21. The molecule has 1 aliphatic rings. The second-order valence-electron chi connectivity index (χ2n) is 12.7. The normalized spacial score (nSPS) is 13.2. The molecular formula is C43H30N2O. The fourth-order valence-corrected chi connectivity index (χ4v) is 7.06. The molecule has 0 radical (unpaired) electrons. The van der Waals surface area contributed by atoms with E-state index in [9.17, 15) is 0 Å². The maximum absolute atomic E-state index is 6.14. The van der Waals surface area contributed by atoms with Crippen LogP contribution in [0.4, 0.5) is 0 Å². The number of hydrogen-bond acceptors (Lipinski definition) is 3. The van der Waals surface area contributed by atoms with Gasteiger partial charge in [0.1, 0.15) is 11.3 Å². The molecule has 6 aromatic carbocycles. The maximum atomic E-state index is 6.14. The van der Waals surface area contributed by atoms with Crippen molar-refractivity contribution in [2.75, 3.05) is 0 Å². The van der Waals surface area contributed by atoms with Gasteiger partial charge in [0.2, 0.25) is 0 Å². The molecule has 0 fully saturated rings. The topological polar surface area (TPSA) is 38.9 Å². The summed E-state index contributed by atoms with van der Waals surface area (Å²) in [5, 5.41) is 3.62. The van der Waals surface area contributed by atoms with Crippen LogP contribution in [-0.4, -0.2) is 9.97 Å². The summed E-state index contributed by atoms with van der Waals surface area (Å²) in [6.07, 6.45) is 0. The Morgan fingerprint density at radius 3 is 1.93 bits per heavy atom. The van der Waals surface area contributed by atoms with E-state index >= 15 is 0 Å². The van der Waals surface area contributed by atoms with E-state index in [2.05, 4.69) is 123 Å². The van der Waals surface area contributed by atoms with Crippen LogP contribution in [0.5, 0.6) is 0 Å². The van der Waals surface area contributed by atoms with Crippen molar-refractivity contribution >= 4 is 21.7 Å². The first kappa shape index (κ1) is 26.6. The summed E-state index contributed by atoms with van der Waals surface area (Å²) in [4.78, 5) is 10.3. The quantitative estimate of drug-likeness (QED) is 0.205. The van der Waals surface area contributed by atoms with Crippen molar-refractivity contribution < 1.29 is 4.42 Å². The summed E-state index contributed by atoms with van der Waals surface area (Å²) in [5.41, 5.74) is 12.0. The van der Waals surface area contributed by atoms with Gasteiger partial charge in [0.15, 0.2) is 5.82 Å². The Morgan fingerprint density at radius 2 is 1.15 bits per heavy atom. The minimum absolute atomic E-state index is 0.130. The Hall–Kier alpha value is -5.80. The molecule has 0 bridgehead atoms. The number of para-hydroxylation sites is 1. The van der Waals surface area contributed by atoms with E-state index in [0.717, 1.165) is 50.4 Å². The molecule has 0 saturated heterocycles. The number of furan rings is 1. The zero-order valence-corrected chi connectivity index (χ0v) is 25.7. The van der Waals surface area contributed by atoms with Crippen LogP contribution in [0.3, 0.4) is 0 Å². The monoisotopic (exact) mass is 590 g/mol. The molecule has 3 nitrogen and oxygen atoms in total. The predicted molar refractivity (Wildman–Crippen MR) is 189 cm³/mol. The molecule has 8 aromatic rings. The Bertz CT molecular complexity index is 2400. The first-order valence-corrected chi connectivity index (χ1v) is 15.7. The van der Waals surface area contributed by atoms with E-state index < -0.39 is 0 Å². The van der Waals surface area contributed by atoms with E-state index in [1.807, 2.05) is 36.4 Å². The van der Waals surface area contributed by atoms with Gasteiger partial charge in [0.25, 0.3) is 0 Å². The third-order valence-corrected chi connectivity index (χ3v) is 9.49. The molecule has 46 heavy (non-hydrogen) atoms. The molecule has 2 heterocycles. The van der Waals surface area contributed by atoms with Gasteiger partial charge in [-0.25, -0.2) is 9.97 Å². The number of aromatic nitrogens is 2. The van der Waals surface area contributed by atoms with Gasteiger partial charge >= 0.3 is 0 Å². The van der Waals surface area contributed by atoms with Crippen molar-refractivity contribution in [1.29, 1.82) is 0 Å². The van der Waals surface area contributed by atoms with Crippen LogP contribution in [0.25, 0.3) is 78.1 Å². The molecule has 0 atom stereocenters. The predicted octanol–water partition coefficient (Wildman–Crippen LogP) is 11.4. The van der Waals surface area contributed by atoms with Gasteiger partial charge < -0.3 is 4.42 Å². The van der Waals surface area contributed by atoms with Gasteiger partial charge in [-0.1, -0.05) is 129 Å². The van der Waals surface area contributed by atoms with Crippen molar-refractivity contribution in [2.24, 2.45) is 0 Å². The van der Waals surface area contributed by atoms with Crippen LogP contribution < -0.4 is 0 Å². The van der Waals surface area contributed by atoms with E-state index in [1.165, 1.54) is 33.0 Å². The number of hydrogen-bond donors (Lipinski definition) is 0. The highest BCUT2D eigenvalue weighted by atomic mass is 16.3. The molecule has 0 saturated carbocycles. The molecule has 218 valence electrons. The van der Waals surface area contributed by atoms with Gasteiger partial charge in [-0.15, -0.1) is 0 Å². The minimum Gasteiger partial charge on any atom is -0.456 e. The largest absolute Gasteiger partial charge is 0.456 e. The molecule has 0 N–H and O–H groups in total. The highest BCUT2D eigenvalue weighted by molar-refractivity contribution is 5.98. The second-order valence-corrected chi connectivity index (χ2v) is 12.7. The fraction of sp³-hybridized carbons (Fsp3) is 0.0698. The van der Waals surface area contributed by atoms with Crippen LogP contribution in [-0.2, 0) is 5.41 Å². The molecular weight excluding hydrogens is 560 g/mol. The fourth-order valence-electron chi connectivity index (χ4n) is 7.06. The number of nitrogens with zero attached hydrogens (tertiary/aromatic N) is 2. The van der Waals surface area contributed by atoms with Crippen LogP contribution >= 0.6 is 0 Å². The number of benzene rings is 6. The lowest BCUT2D eigenvalue weighted by Gasteiger charge is -2.22. The highest BCUT2D eigenvalue weighted by Gasteiger charge is 2.37. The molecule has 0 unspecified atom stereocenters. The van der Waals surface area contributed by atoms with Crippen LogP contribution in [0.1, 0.15) is 25.0 Å². The third-order valence-electron chi connectivity index (χ3n) is 9.49. The average Bonchev–Trinajstić information content (AvgIpc) is 3.64. The summed E-state index contributed by atoms with van der Waals surface area (Å²) in [6, 6.07) is 51.1. The summed E-state index contributed by atoms with van der Waals surface area (Å²) < 4.78 is 6.14. The molecule has 3 heteroatoms. The summed E-state index contributed by atoms with van der Waals surface area (Å²) >= 11 is 0. The Balaban J connectivity index is 1.22. The molecule has 2 aromatic heterocycles.